The van der Waals surface area contributed by atoms with Gasteiger partial charge in [0.2, 0.25) is 0 Å². The molecule has 5 heteroatoms. The molecule has 0 saturated carbocycles. The standard InChI is InChI=1S/C30H33NO4/c1-33-29(32)14-8-3-2-7-13-27-28(22-35-30(27)26-12-9-19-31-20-26)34-21-23-15-17-25(18-16-23)24-10-5-4-6-11-24/h2-6,9-12,15-20,27-28,30H,7-8,13-14,21-22H2,1H3. The molecule has 0 N–H and O–H groups in total. The number of carbonyl (C=O) groups excluding carboxylic acids is 1. The predicted molar refractivity (Wildman–Crippen MR) is 136 cm³/mol. The van der Waals surface area contributed by atoms with Gasteiger partial charge in [0.25, 0.3) is 0 Å². The lowest BCUT2D eigenvalue weighted by molar-refractivity contribution is -0.140. The molecule has 1 aliphatic rings. The Kier molecular flexibility index (Phi) is 9.21. The molecule has 0 spiro atoms. The Morgan fingerprint density at radius 2 is 1.77 bits per heavy atom. The number of carbonyl (C=O) groups is 1. The van der Waals surface area contributed by atoms with Crippen molar-refractivity contribution < 1.29 is 19.0 Å². The van der Waals surface area contributed by atoms with E-state index >= 15 is 0 Å². The number of nitrogens with zero attached hydrogens (tertiary/aromatic N) is 1. The smallest absolute Gasteiger partial charge is 0.305 e. The second kappa shape index (κ2) is 13.0. The Morgan fingerprint density at radius 1 is 1.00 bits per heavy atom. The van der Waals surface area contributed by atoms with E-state index in [2.05, 4.69) is 71.7 Å². The second-order valence-electron chi connectivity index (χ2n) is 8.78. The summed E-state index contributed by atoms with van der Waals surface area (Å²) in [5, 5.41) is 0. The zero-order valence-electron chi connectivity index (χ0n) is 20.2. The van der Waals surface area contributed by atoms with Gasteiger partial charge < -0.3 is 14.2 Å². The predicted octanol–water partition coefficient (Wildman–Crippen LogP) is 6.31. The number of hydrogen-bond acceptors (Lipinski definition) is 5. The first-order chi connectivity index (χ1) is 17.2. The maximum absolute atomic E-state index is 11.3. The van der Waals surface area contributed by atoms with Gasteiger partial charge in [0.1, 0.15) is 0 Å². The molecule has 1 saturated heterocycles. The third kappa shape index (κ3) is 7.10. The molecule has 182 valence electrons. The van der Waals surface area contributed by atoms with E-state index in [1.165, 1.54) is 18.2 Å². The van der Waals surface area contributed by atoms with Crippen LogP contribution in [0.15, 0.2) is 91.3 Å². The molecular weight excluding hydrogens is 438 g/mol. The van der Waals surface area contributed by atoms with Crippen LogP contribution in [-0.4, -0.2) is 30.8 Å². The minimum Gasteiger partial charge on any atom is -0.469 e. The Balaban J connectivity index is 1.35. The molecule has 0 aliphatic carbocycles. The van der Waals surface area contributed by atoms with E-state index < -0.39 is 0 Å². The van der Waals surface area contributed by atoms with Crippen molar-refractivity contribution >= 4 is 5.97 Å². The summed E-state index contributed by atoms with van der Waals surface area (Å²) in [5.41, 5.74) is 4.65. The van der Waals surface area contributed by atoms with Crippen molar-refractivity contribution in [3.8, 4) is 11.1 Å². The van der Waals surface area contributed by atoms with Crippen LogP contribution in [0.2, 0.25) is 0 Å². The average Bonchev–Trinajstić information content (AvgIpc) is 3.33. The SMILES string of the molecule is COC(=O)CCC=CCCC1C(OCc2ccc(-c3ccccc3)cc2)COC1c1cccnc1. The lowest BCUT2D eigenvalue weighted by Crippen LogP contribution is -2.23. The Morgan fingerprint density at radius 3 is 2.51 bits per heavy atom. The summed E-state index contributed by atoms with van der Waals surface area (Å²) >= 11 is 0. The molecule has 0 radical (unpaired) electrons. The van der Waals surface area contributed by atoms with Crippen molar-refractivity contribution in [1.82, 2.24) is 4.98 Å². The van der Waals surface area contributed by atoms with E-state index in [-0.39, 0.29) is 24.1 Å². The summed E-state index contributed by atoms with van der Waals surface area (Å²) < 4.78 is 17.3. The first-order valence-corrected chi connectivity index (χ1v) is 12.2. The van der Waals surface area contributed by atoms with Gasteiger partial charge in [-0.1, -0.05) is 72.8 Å². The van der Waals surface area contributed by atoms with Crippen molar-refractivity contribution in [3.63, 3.8) is 0 Å². The number of allylic oxidation sites excluding steroid dienone is 2. The fourth-order valence-electron chi connectivity index (χ4n) is 4.49. The van der Waals surface area contributed by atoms with E-state index in [1.807, 2.05) is 18.3 Å². The van der Waals surface area contributed by atoms with Crippen LogP contribution in [0.3, 0.4) is 0 Å². The van der Waals surface area contributed by atoms with Crippen molar-refractivity contribution in [2.24, 2.45) is 5.92 Å². The Hall–Kier alpha value is -3.28. The molecule has 2 aromatic carbocycles. The van der Waals surface area contributed by atoms with E-state index in [4.69, 9.17) is 14.2 Å². The highest BCUT2D eigenvalue weighted by molar-refractivity contribution is 5.69. The van der Waals surface area contributed by atoms with Crippen molar-refractivity contribution in [1.29, 1.82) is 0 Å². The van der Waals surface area contributed by atoms with Crippen molar-refractivity contribution in [2.45, 2.75) is 44.5 Å². The molecule has 1 fully saturated rings. The van der Waals surface area contributed by atoms with Gasteiger partial charge in [0.05, 0.1) is 32.5 Å². The largest absolute Gasteiger partial charge is 0.469 e. The van der Waals surface area contributed by atoms with Gasteiger partial charge in [-0.25, -0.2) is 0 Å². The highest BCUT2D eigenvalue weighted by atomic mass is 16.6. The molecule has 3 aromatic rings. The van der Waals surface area contributed by atoms with Gasteiger partial charge in [0.15, 0.2) is 0 Å². The van der Waals surface area contributed by atoms with Gasteiger partial charge in [-0.2, -0.15) is 0 Å². The molecule has 35 heavy (non-hydrogen) atoms. The zero-order valence-corrected chi connectivity index (χ0v) is 20.2. The van der Waals surface area contributed by atoms with E-state index in [9.17, 15) is 4.79 Å². The lowest BCUT2D eigenvalue weighted by atomic mass is 9.90. The van der Waals surface area contributed by atoms with Gasteiger partial charge in [-0.3, -0.25) is 9.78 Å². The molecule has 0 bridgehead atoms. The molecule has 3 atom stereocenters. The van der Waals surface area contributed by atoms with Crippen LogP contribution in [0, 0.1) is 5.92 Å². The number of pyridine rings is 1. The average molecular weight is 472 g/mol. The summed E-state index contributed by atoms with van der Waals surface area (Å²) in [4.78, 5) is 15.6. The molecule has 3 unspecified atom stereocenters. The first kappa shape index (κ1) is 24.8. The summed E-state index contributed by atoms with van der Waals surface area (Å²) in [5.74, 6) is 0.0498. The van der Waals surface area contributed by atoms with Crippen LogP contribution in [0.25, 0.3) is 11.1 Å². The van der Waals surface area contributed by atoms with Crippen LogP contribution in [0.5, 0.6) is 0 Å². The zero-order chi connectivity index (χ0) is 24.3. The second-order valence-corrected chi connectivity index (χ2v) is 8.78. The number of methoxy groups -OCH3 is 1. The Labute approximate surface area is 207 Å². The van der Waals surface area contributed by atoms with Crippen LogP contribution in [0.4, 0.5) is 0 Å². The topological polar surface area (TPSA) is 57.7 Å². The third-order valence-electron chi connectivity index (χ3n) is 6.42. The number of aromatic nitrogens is 1. The molecule has 4 rings (SSSR count). The molecular formula is C30H33NO4. The van der Waals surface area contributed by atoms with Gasteiger partial charge in [-0.05, 0) is 47.6 Å². The molecule has 1 aromatic heterocycles. The van der Waals surface area contributed by atoms with Gasteiger partial charge in [-0.15, -0.1) is 0 Å². The third-order valence-corrected chi connectivity index (χ3v) is 6.42. The fraction of sp³-hybridized carbons (Fsp3) is 0.333. The van der Waals surface area contributed by atoms with Crippen LogP contribution < -0.4 is 0 Å². The monoisotopic (exact) mass is 471 g/mol. The van der Waals surface area contributed by atoms with Gasteiger partial charge in [0, 0.05) is 24.7 Å². The molecule has 5 nitrogen and oxygen atoms in total. The minimum absolute atomic E-state index is 0.0116. The normalized spacial score (nSPS) is 19.7. The summed E-state index contributed by atoms with van der Waals surface area (Å²) in [6, 6.07) is 23.0. The number of esters is 1. The fourth-order valence-corrected chi connectivity index (χ4v) is 4.49. The van der Waals surface area contributed by atoms with Crippen molar-refractivity contribution in [3.05, 3.63) is 102 Å². The van der Waals surface area contributed by atoms with Crippen molar-refractivity contribution in [2.75, 3.05) is 13.7 Å². The van der Waals surface area contributed by atoms with Crippen LogP contribution in [-0.2, 0) is 25.6 Å². The number of benzene rings is 2. The maximum Gasteiger partial charge on any atom is 0.305 e. The number of ether oxygens (including phenoxy) is 3. The maximum atomic E-state index is 11.3. The summed E-state index contributed by atoms with van der Waals surface area (Å²) in [6.45, 7) is 1.12. The summed E-state index contributed by atoms with van der Waals surface area (Å²) in [6.07, 6.45) is 10.8. The van der Waals surface area contributed by atoms with E-state index in [0.717, 1.165) is 24.0 Å². The molecule has 0 amide bonds. The summed E-state index contributed by atoms with van der Waals surface area (Å²) in [7, 11) is 1.42. The minimum atomic E-state index is -0.180. The highest BCUT2D eigenvalue weighted by Gasteiger charge is 2.38. The number of hydrogen-bond donors (Lipinski definition) is 0. The van der Waals surface area contributed by atoms with Crippen LogP contribution >= 0.6 is 0 Å². The molecule has 2 heterocycles. The molecule has 1 aliphatic heterocycles. The van der Waals surface area contributed by atoms with Crippen LogP contribution in [0.1, 0.15) is 42.9 Å². The number of rotatable bonds is 11. The lowest BCUT2D eigenvalue weighted by Gasteiger charge is -2.23. The van der Waals surface area contributed by atoms with E-state index in [0.29, 0.717) is 26.1 Å². The quantitative estimate of drug-likeness (QED) is 0.242. The van der Waals surface area contributed by atoms with Gasteiger partial charge >= 0.3 is 5.97 Å². The Bertz CT molecular complexity index is 1070. The van der Waals surface area contributed by atoms with E-state index in [1.54, 1.807) is 6.20 Å². The highest BCUT2D eigenvalue weighted by Crippen LogP contribution is 2.39. The first-order valence-electron chi connectivity index (χ1n) is 12.2.